The maximum absolute atomic E-state index is 4.54. The third kappa shape index (κ3) is 2.08. The minimum atomic E-state index is 1.03. The van der Waals surface area contributed by atoms with Gasteiger partial charge in [0.15, 0.2) is 4.34 Å². The molecule has 0 aliphatic heterocycles. The molecule has 2 aromatic rings. The molecule has 0 N–H and O–H groups in total. The van der Waals surface area contributed by atoms with Gasteiger partial charge in [-0.25, -0.2) is 9.29 Å². The highest BCUT2D eigenvalue weighted by atomic mass is 32.2. The van der Waals surface area contributed by atoms with Crippen LogP contribution in [-0.2, 0) is 0 Å². The van der Waals surface area contributed by atoms with Crippen LogP contribution in [0.3, 0.4) is 0 Å². The van der Waals surface area contributed by atoms with Crippen LogP contribution in [0.5, 0.6) is 0 Å². The van der Waals surface area contributed by atoms with E-state index >= 15 is 0 Å². The van der Waals surface area contributed by atoms with Gasteiger partial charge in [-0.05, 0) is 31.1 Å². The summed E-state index contributed by atoms with van der Waals surface area (Å²) in [5.74, 6) is 0. The Morgan fingerprint density at radius 2 is 2.21 bits per heavy atom. The molecule has 14 heavy (non-hydrogen) atoms. The lowest BCUT2D eigenvalue weighted by atomic mass is 10.3. The predicted octanol–water partition coefficient (Wildman–Crippen LogP) is 3.26. The monoisotopic (exact) mass is 224 g/mol. The maximum atomic E-state index is 4.54. The van der Waals surface area contributed by atoms with E-state index in [0.29, 0.717) is 0 Å². The molecule has 0 saturated heterocycles. The van der Waals surface area contributed by atoms with Crippen molar-refractivity contribution in [3.05, 3.63) is 24.3 Å². The Labute approximate surface area is 92.1 Å². The summed E-state index contributed by atoms with van der Waals surface area (Å²) in [5.41, 5.74) is 1.10. The van der Waals surface area contributed by atoms with E-state index in [-0.39, 0.29) is 0 Å². The smallest absolute Gasteiger partial charge is 0.166 e. The van der Waals surface area contributed by atoms with Crippen molar-refractivity contribution in [2.45, 2.75) is 11.3 Å². The van der Waals surface area contributed by atoms with Crippen molar-refractivity contribution in [1.82, 2.24) is 9.29 Å². The second-order valence-electron chi connectivity index (χ2n) is 2.98. The molecular weight excluding hydrogens is 212 g/mol. The standard InChI is InChI=1S/C10H12N2S2/c1-3-12(2)14-10-11-8-6-4-5-7-9(8)13-10/h4-7H,3H2,1-2H3. The fourth-order valence-electron chi connectivity index (χ4n) is 1.09. The molecule has 1 aromatic heterocycles. The third-order valence-electron chi connectivity index (χ3n) is 1.95. The summed E-state index contributed by atoms with van der Waals surface area (Å²) in [6.07, 6.45) is 0. The van der Waals surface area contributed by atoms with Gasteiger partial charge in [0.05, 0.1) is 10.2 Å². The van der Waals surface area contributed by atoms with Crippen molar-refractivity contribution in [2.24, 2.45) is 0 Å². The first-order valence-electron chi connectivity index (χ1n) is 4.54. The molecule has 0 unspecified atom stereocenters. The average molecular weight is 224 g/mol. The molecular formula is C10H12N2S2. The van der Waals surface area contributed by atoms with Crippen LogP contribution in [0.25, 0.3) is 10.2 Å². The summed E-state index contributed by atoms with van der Waals surface area (Å²) >= 11 is 3.46. The molecule has 0 spiro atoms. The first kappa shape index (κ1) is 9.96. The number of hydrogen-bond donors (Lipinski definition) is 0. The van der Waals surface area contributed by atoms with Crippen molar-refractivity contribution < 1.29 is 0 Å². The summed E-state index contributed by atoms with van der Waals surface area (Å²) in [4.78, 5) is 4.54. The topological polar surface area (TPSA) is 16.1 Å². The normalized spacial score (nSPS) is 11.4. The van der Waals surface area contributed by atoms with E-state index in [9.17, 15) is 0 Å². The molecule has 0 radical (unpaired) electrons. The number of aromatic nitrogens is 1. The van der Waals surface area contributed by atoms with Crippen LogP contribution in [0.4, 0.5) is 0 Å². The number of fused-ring (bicyclic) bond motifs is 1. The summed E-state index contributed by atoms with van der Waals surface area (Å²) in [7, 11) is 2.08. The highest BCUT2D eigenvalue weighted by molar-refractivity contribution is 7.98. The Balaban J connectivity index is 2.27. The summed E-state index contributed by atoms with van der Waals surface area (Å²) in [6.45, 7) is 3.17. The zero-order valence-electron chi connectivity index (χ0n) is 8.23. The van der Waals surface area contributed by atoms with E-state index in [0.717, 1.165) is 16.4 Å². The molecule has 0 fully saturated rings. The second-order valence-corrected chi connectivity index (χ2v) is 5.46. The molecule has 0 amide bonds. The summed E-state index contributed by atoms with van der Waals surface area (Å²) in [6, 6.07) is 8.25. The third-order valence-corrected chi connectivity index (χ3v) is 4.08. The summed E-state index contributed by atoms with van der Waals surface area (Å²) < 4.78 is 4.56. The van der Waals surface area contributed by atoms with E-state index in [1.807, 2.05) is 6.07 Å². The Kier molecular flexibility index (Phi) is 3.05. The first-order chi connectivity index (χ1) is 6.79. The lowest BCUT2D eigenvalue weighted by molar-refractivity contribution is 0.602. The number of hydrogen-bond acceptors (Lipinski definition) is 4. The van der Waals surface area contributed by atoms with Crippen LogP contribution in [0.2, 0.25) is 0 Å². The van der Waals surface area contributed by atoms with Crippen LogP contribution in [-0.4, -0.2) is 22.9 Å². The molecule has 0 saturated carbocycles. The molecule has 74 valence electrons. The Bertz CT molecular complexity index is 392. The van der Waals surface area contributed by atoms with Gasteiger partial charge in [-0.3, -0.25) is 0 Å². The minimum absolute atomic E-state index is 1.03. The van der Waals surface area contributed by atoms with Crippen LogP contribution >= 0.6 is 23.3 Å². The minimum Gasteiger partial charge on any atom is -0.248 e. The van der Waals surface area contributed by atoms with Gasteiger partial charge in [-0.15, -0.1) is 11.3 Å². The van der Waals surface area contributed by atoms with E-state index in [1.165, 1.54) is 4.70 Å². The Hall–Kier alpha value is -0.580. The van der Waals surface area contributed by atoms with Crippen LogP contribution < -0.4 is 0 Å². The molecule has 4 heteroatoms. The molecule has 0 bridgehead atoms. The Morgan fingerprint density at radius 3 is 2.93 bits per heavy atom. The molecule has 0 aliphatic carbocycles. The zero-order valence-corrected chi connectivity index (χ0v) is 9.86. The number of para-hydroxylation sites is 1. The van der Waals surface area contributed by atoms with Gasteiger partial charge in [0.2, 0.25) is 0 Å². The first-order valence-corrected chi connectivity index (χ1v) is 6.13. The quantitative estimate of drug-likeness (QED) is 0.744. The molecule has 1 heterocycles. The molecule has 0 aliphatic rings. The van der Waals surface area contributed by atoms with E-state index in [2.05, 4.69) is 41.5 Å². The predicted molar refractivity (Wildman–Crippen MR) is 63.8 cm³/mol. The van der Waals surface area contributed by atoms with Crippen LogP contribution in [0.15, 0.2) is 28.6 Å². The molecule has 1 aromatic carbocycles. The number of benzene rings is 1. The van der Waals surface area contributed by atoms with Crippen molar-refractivity contribution in [3.63, 3.8) is 0 Å². The lowest BCUT2D eigenvalue weighted by Gasteiger charge is -2.08. The van der Waals surface area contributed by atoms with Gasteiger partial charge < -0.3 is 0 Å². The van der Waals surface area contributed by atoms with E-state index in [4.69, 9.17) is 0 Å². The maximum Gasteiger partial charge on any atom is 0.166 e. The van der Waals surface area contributed by atoms with Crippen LogP contribution in [0, 0.1) is 0 Å². The van der Waals surface area contributed by atoms with Crippen LogP contribution in [0.1, 0.15) is 6.92 Å². The van der Waals surface area contributed by atoms with Crippen molar-refractivity contribution >= 4 is 33.5 Å². The van der Waals surface area contributed by atoms with Gasteiger partial charge in [0, 0.05) is 6.54 Å². The van der Waals surface area contributed by atoms with Crippen molar-refractivity contribution in [3.8, 4) is 0 Å². The molecule has 0 atom stereocenters. The number of nitrogens with zero attached hydrogens (tertiary/aromatic N) is 2. The highest BCUT2D eigenvalue weighted by Gasteiger charge is 2.05. The van der Waals surface area contributed by atoms with Crippen molar-refractivity contribution in [2.75, 3.05) is 13.6 Å². The SMILES string of the molecule is CCN(C)Sc1nc2ccccc2s1. The fraction of sp³-hybridized carbons (Fsp3) is 0.300. The molecule has 2 nitrogen and oxygen atoms in total. The van der Waals surface area contributed by atoms with E-state index < -0.39 is 0 Å². The lowest BCUT2D eigenvalue weighted by Crippen LogP contribution is -2.06. The van der Waals surface area contributed by atoms with Gasteiger partial charge >= 0.3 is 0 Å². The average Bonchev–Trinajstić information content (AvgIpc) is 2.59. The molecule has 2 rings (SSSR count). The van der Waals surface area contributed by atoms with Gasteiger partial charge in [-0.1, -0.05) is 19.1 Å². The number of rotatable bonds is 3. The Morgan fingerprint density at radius 1 is 1.43 bits per heavy atom. The fourth-order valence-corrected chi connectivity index (χ4v) is 3.12. The van der Waals surface area contributed by atoms with Gasteiger partial charge in [0.1, 0.15) is 0 Å². The highest BCUT2D eigenvalue weighted by Crippen LogP contribution is 2.30. The number of thiazole rings is 1. The summed E-state index contributed by atoms with van der Waals surface area (Å²) in [5, 5.41) is 0. The van der Waals surface area contributed by atoms with Gasteiger partial charge in [0.25, 0.3) is 0 Å². The van der Waals surface area contributed by atoms with Crippen molar-refractivity contribution in [1.29, 1.82) is 0 Å². The zero-order chi connectivity index (χ0) is 9.97. The largest absolute Gasteiger partial charge is 0.248 e. The second kappa shape index (κ2) is 4.29. The van der Waals surface area contributed by atoms with E-state index in [1.54, 1.807) is 23.3 Å². The van der Waals surface area contributed by atoms with Gasteiger partial charge in [-0.2, -0.15) is 0 Å².